The Morgan fingerprint density at radius 1 is 1.64 bits per heavy atom. The van der Waals surface area contributed by atoms with Crippen molar-refractivity contribution in [1.82, 2.24) is 4.53 Å². The zero-order valence-electron chi connectivity index (χ0n) is 6.93. The lowest BCUT2D eigenvalue weighted by atomic mass is 9.51. The minimum absolute atomic E-state index is 0. The van der Waals surface area contributed by atoms with Crippen LogP contribution >= 0.6 is 11.8 Å². The Hall–Kier alpha value is 0.435. The molecule has 0 saturated carbocycles. The maximum Gasteiger partial charge on any atom is 0.192 e. The smallest absolute Gasteiger partial charge is 0.124 e. The van der Waals surface area contributed by atoms with E-state index in [-0.39, 0.29) is 8.41 Å². The number of halogens is 1. The highest BCUT2D eigenvalue weighted by molar-refractivity contribution is 8.27. The number of rotatable bonds is 5. The summed E-state index contributed by atoms with van der Waals surface area (Å²) < 4.78 is 12.9. The lowest BCUT2D eigenvalue weighted by Crippen LogP contribution is -2.12. The van der Waals surface area contributed by atoms with Crippen LogP contribution in [0.2, 0.25) is 6.32 Å². The molecular formula is C5H17B3FNS. The molecule has 0 rings (SSSR count). The third kappa shape index (κ3) is 10.4. The van der Waals surface area contributed by atoms with Gasteiger partial charge in [0.1, 0.15) is 0 Å². The molecule has 0 aromatic rings. The van der Waals surface area contributed by atoms with E-state index in [1.807, 2.05) is 0 Å². The average molecular weight is 175 g/mol. The summed E-state index contributed by atoms with van der Waals surface area (Å²) in [5.41, 5.74) is 0. The molecule has 0 spiro atoms. The summed E-state index contributed by atoms with van der Waals surface area (Å²) >= 11 is 1.26. The quantitative estimate of drug-likeness (QED) is 0.333. The molecule has 0 amide bonds. The summed E-state index contributed by atoms with van der Waals surface area (Å²) in [4.78, 5) is 0. The molecule has 0 bridgehead atoms. The molecule has 0 N–H and O–H groups in total. The Kier molecular flexibility index (Phi) is 10.8. The Labute approximate surface area is 76.5 Å². The summed E-state index contributed by atoms with van der Waals surface area (Å²) in [6, 6.07) is 0. The van der Waals surface area contributed by atoms with E-state index < -0.39 is 0 Å². The standard InChI is InChI=1S/C5H14B2FNS.BH3/c1-3-4-5-7(6)10-9(2)8;/h3-6H2,1-2H3;1H3. The van der Waals surface area contributed by atoms with Crippen LogP contribution in [0.15, 0.2) is 0 Å². The van der Waals surface area contributed by atoms with Gasteiger partial charge in [-0.15, -0.1) is 20.8 Å². The molecule has 0 aliphatic rings. The van der Waals surface area contributed by atoms with Gasteiger partial charge >= 0.3 is 0 Å². The van der Waals surface area contributed by atoms with Gasteiger partial charge in [0.05, 0.1) is 16.2 Å². The maximum atomic E-state index is 12.2. The van der Waals surface area contributed by atoms with Crippen LogP contribution in [0, 0.1) is 0 Å². The predicted molar refractivity (Wildman–Crippen MR) is 60.4 cm³/mol. The second kappa shape index (κ2) is 8.53. The molecule has 11 heavy (non-hydrogen) atoms. The molecule has 0 aliphatic heterocycles. The van der Waals surface area contributed by atoms with Gasteiger partial charge in [-0.25, -0.2) is 0 Å². The minimum atomic E-state index is 0. The van der Waals surface area contributed by atoms with Crippen molar-refractivity contribution in [3.05, 3.63) is 0 Å². The van der Waals surface area contributed by atoms with E-state index >= 15 is 0 Å². The Morgan fingerprint density at radius 2 is 2.18 bits per heavy atom. The molecule has 6 heteroatoms. The third-order valence-corrected chi connectivity index (χ3v) is 2.18. The molecule has 0 saturated heterocycles. The van der Waals surface area contributed by atoms with Crippen LogP contribution in [0.3, 0.4) is 0 Å². The first-order chi connectivity index (χ1) is 4.66. The maximum absolute atomic E-state index is 12.2. The second-order valence-electron chi connectivity index (χ2n) is 2.48. The number of unbranched alkanes of at least 4 members (excludes halogenated alkanes) is 1. The number of nitrogens with zero attached hydrogens (tertiary/aromatic N) is 1. The Balaban J connectivity index is 0. The molecule has 0 aromatic carbocycles. The van der Waals surface area contributed by atoms with Gasteiger partial charge in [0.25, 0.3) is 0 Å². The van der Waals surface area contributed by atoms with Crippen LogP contribution in [0.5, 0.6) is 0 Å². The fraction of sp³-hybridized carbons (Fsp3) is 1.00. The van der Waals surface area contributed by atoms with Gasteiger partial charge in [0.2, 0.25) is 0 Å². The monoisotopic (exact) mass is 175 g/mol. The van der Waals surface area contributed by atoms with Gasteiger partial charge in [0, 0.05) is 7.05 Å². The van der Waals surface area contributed by atoms with E-state index in [1.54, 1.807) is 0 Å². The van der Waals surface area contributed by atoms with E-state index in [9.17, 15) is 4.48 Å². The summed E-state index contributed by atoms with van der Waals surface area (Å²) in [6.07, 6.45) is 3.50. The highest BCUT2D eigenvalue weighted by Crippen LogP contribution is 2.14. The first-order valence-corrected chi connectivity index (χ1v) is 4.56. The van der Waals surface area contributed by atoms with Crippen molar-refractivity contribution in [2.45, 2.75) is 26.1 Å². The molecule has 0 heterocycles. The molecule has 0 fully saturated rings. The highest BCUT2D eigenvalue weighted by Gasteiger charge is 2.09. The molecule has 1 nitrogen and oxygen atoms in total. The van der Waals surface area contributed by atoms with Gasteiger partial charge in [-0.3, -0.25) is 0 Å². The van der Waals surface area contributed by atoms with Crippen LogP contribution in [-0.2, 0) is 0 Å². The lowest BCUT2D eigenvalue weighted by Gasteiger charge is -2.08. The van der Waals surface area contributed by atoms with Gasteiger partial charge in [-0.1, -0.05) is 26.1 Å². The fourth-order valence-corrected chi connectivity index (χ4v) is 1.56. The van der Waals surface area contributed by atoms with Crippen molar-refractivity contribution >= 4 is 33.8 Å². The van der Waals surface area contributed by atoms with Crippen LogP contribution in [-0.4, -0.2) is 33.6 Å². The summed E-state index contributed by atoms with van der Waals surface area (Å²) in [6.45, 7) is 2.15. The lowest BCUT2D eigenvalue weighted by molar-refractivity contribution is 0.203. The average Bonchev–Trinajstić information content (AvgIpc) is 1.82. The molecule has 0 aromatic heterocycles. The molecular weight excluding hydrogens is 158 g/mol. The van der Waals surface area contributed by atoms with E-state index in [4.69, 9.17) is 0 Å². The summed E-state index contributed by atoms with van der Waals surface area (Å²) in [5, 5.41) is 0. The van der Waals surface area contributed by atoms with Crippen molar-refractivity contribution < 1.29 is 4.48 Å². The van der Waals surface area contributed by atoms with Gasteiger partial charge in [0.15, 0.2) is 5.88 Å². The van der Waals surface area contributed by atoms with Gasteiger partial charge in [-0.2, -0.15) is 0 Å². The summed E-state index contributed by atoms with van der Waals surface area (Å²) in [7, 11) is 3.49. The van der Waals surface area contributed by atoms with E-state index in [1.165, 1.54) is 31.7 Å². The van der Waals surface area contributed by atoms with Crippen LogP contribution in [0.4, 0.5) is 4.48 Å². The highest BCUT2D eigenvalue weighted by atomic mass is 32.2. The van der Waals surface area contributed by atoms with E-state index in [2.05, 4.69) is 14.7 Å². The Bertz CT molecular complexity index is 86.1. The first kappa shape index (κ1) is 14.0. The van der Waals surface area contributed by atoms with Crippen molar-refractivity contribution in [3.8, 4) is 0 Å². The number of hydrogen-bond donors (Lipinski definition) is 0. The van der Waals surface area contributed by atoms with Crippen LogP contribution in [0.25, 0.3) is 0 Å². The summed E-state index contributed by atoms with van der Waals surface area (Å²) in [5.74, 6) is 0.412. The van der Waals surface area contributed by atoms with Gasteiger partial charge < -0.3 is 0 Å². The molecule has 0 atom stereocenters. The molecule has 64 valence electrons. The largest absolute Gasteiger partial charge is 0.192 e. The topological polar surface area (TPSA) is 3.24 Å². The van der Waals surface area contributed by atoms with Crippen LogP contribution in [0.1, 0.15) is 19.8 Å². The molecule has 0 aliphatic carbocycles. The van der Waals surface area contributed by atoms with E-state index in [0.717, 1.165) is 6.32 Å². The minimum Gasteiger partial charge on any atom is -0.124 e. The van der Waals surface area contributed by atoms with Crippen molar-refractivity contribution in [1.29, 1.82) is 0 Å². The Morgan fingerprint density at radius 3 is 2.55 bits per heavy atom. The molecule has 0 unspecified atom stereocenters. The third-order valence-electron chi connectivity index (χ3n) is 1.29. The van der Waals surface area contributed by atoms with Crippen LogP contribution < -0.4 is 0 Å². The zero-order chi connectivity index (χ0) is 7.98. The normalized spacial score (nSPS) is 9.45. The van der Waals surface area contributed by atoms with Gasteiger partial charge in [-0.05, 0) is 0 Å². The predicted octanol–water partition coefficient (Wildman–Crippen LogP) is 0.188. The first-order valence-electron chi connectivity index (χ1n) is 3.73. The SMILES string of the molecule is B.BB(CCCC)SN(C)F. The zero-order valence-corrected chi connectivity index (χ0v) is 7.75. The fourth-order valence-electron chi connectivity index (χ4n) is 0.792. The number of hydrogen-bond acceptors (Lipinski definition) is 2. The van der Waals surface area contributed by atoms with E-state index in [0.29, 0.717) is 10.4 Å². The van der Waals surface area contributed by atoms with Crippen molar-refractivity contribution in [3.63, 3.8) is 0 Å². The van der Waals surface area contributed by atoms with Crippen molar-refractivity contribution in [2.75, 3.05) is 7.05 Å². The second-order valence-corrected chi connectivity index (χ2v) is 4.00. The molecule has 0 radical (unpaired) electrons. The van der Waals surface area contributed by atoms with Crippen molar-refractivity contribution in [2.24, 2.45) is 0 Å².